The predicted molar refractivity (Wildman–Crippen MR) is 114 cm³/mol. The summed E-state index contributed by atoms with van der Waals surface area (Å²) in [4.78, 5) is 0. The fraction of sp³-hybridized carbons (Fsp3) is 1.00. The van der Waals surface area contributed by atoms with Gasteiger partial charge in [-0.05, 0) is 25.7 Å². The average Bonchev–Trinajstić information content (AvgIpc) is 2.57. The highest BCUT2D eigenvalue weighted by Gasteiger charge is 2.19. The summed E-state index contributed by atoms with van der Waals surface area (Å²) in [6, 6.07) is 0. The molecule has 2 atom stereocenters. The van der Waals surface area contributed by atoms with Crippen LogP contribution in [-0.2, 0) is 0 Å². The summed E-state index contributed by atoms with van der Waals surface area (Å²) in [7, 11) is 0. The largest absolute Gasteiger partial charge is 0.390 e. The van der Waals surface area contributed by atoms with Gasteiger partial charge in [0.25, 0.3) is 0 Å². The Morgan fingerprint density at radius 2 is 1.00 bits per heavy atom. The van der Waals surface area contributed by atoms with Crippen molar-refractivity contribution in [3.05, 3.63) is 0 Å². The number of aliphatic hydroxyl groups is 1. The Bertz CT molecular complexity index is 259. The first-order valence-corrected chi connectivity index (χ1v) is 11.7. The minimum absolute atomic E-state index is 0.427. The second kappa shape index (κ2) is 17.4. The molecular weight excluding hydrogens is 304 g/mol. The van der Waals surface area contributed by atoms with E-state index in [-0.39, 0.29) is 0 Å². The van der Waals surface area contributed by atoms with E-state index in [0.29, 0.717) is 0 Å². The number of rotatable bonds is 19. The second-order valence-electron chi connectivity index (χ2n) is 8.92. The Balaban J connectivity index is 3.41. The maximum atomic E-state index is 10.5. The van der Waals surface area contributed by atoms with Crippen LogP contribution in [0.3, 0.4) is 0 Å². The molecule has 0 aromatic carbocycles. The third kappa shape index (κ3) is 18.5. The predicted octanol–water partition coefficient (Wildman–Crippen LogP) is 8.44. The molecule has 152 valence electrons. The molecule has 25 heavy (non-hydrogen) atoms. The van der Waals surface area contributed by atoms with E-state index in [1.807, 2.05) is 0 Å². The van der Waals surface area contributed by atoms with Gasteiger partial charge in [-0.15, -0.1) is 0 Å². The lowest BCUT2D eigenvalue weighted by atomic mass is 9.89. The van der Waals surface area contributed by atoms with Crippen molar-refractivity contribution in [2.45, 2.75) is 149 Å². The van der Waals surface area contributed by atoms with Crippen LogP contribution in [0.1, 0.15) is 143 Å². The van der Waals surface area contributed by atoms with Gasteiger partial charge in [-0.3, -0.25) is 0 Å². The Kier molecular flexibility index (Phi) is 17.3. The van der Waals surface area contributed by atoms with Gasteiger partial charge < -0.3 is 5.11 Å². The molecular formula is C24H50O. The molecule has 0 amide bonds. The van der Waals surface area contributed by atoms with Crippen molar-refractivity contribution in [1.82, 2.24) is 0 Å². The molecule has 0 saturated carbocycles. The number of hydrogen-bond donors (Lipinski definition) is 1. The molecule has 0 radical (unpaired) electrons. The van der Waals surface area contributed by atoms with E-state index in [0.717, 1.165) is 18.8 Å². The Labute approximate surface area is 160 Å². The van der Waals surface area contributed by atoms with E-state index < -0.39 is 5.60 Å². The highest BCUT2D eigenvalue weighted by molar-refractivity contribution is 4.73. The first-order valence-electron chi connectivity index (χ1n) is 11.7. The van der Waals surface area contributed by atoms with Crippen LogP contribution in [-0.4, -0.2) is 10.7 Å². The van der Waals surface area contributed by atoms with Gasteiger partial charge in [-0.2, -0.15) is 0 Å². The first-order chi connectivity index (χ1) is 12.0. The standard InChI is InChI=1S/C24H50O/c1-5-7-9-10-11-12-13-14-15-16-17-21-24(4,25)22-18-20-23(3)19-8-6-2/h23,25H,5-22H2,1-4H3. The third-order valence-corrected chi connectivity index (χ3v) is 5.78. The summed E-state index contributed by atoms with van der Waals surface area (Å²) in [6.07, 6.45) is 23.7. The van der Waals surface area contributed by atoms with E-state index in [2.05, 4.69) is 27.7 Å². The lowest BCUT2D eigenvalue weighted by molar-refractivity contribution is 0.0357. The smallest absolute Gasteiger partial charge is 0.0619 e. The van der Waals surface area contributed by atoms with Gasteiger partial charge in [0.15, 0.2) is 0 Å². The lowest BCUT2D eigenvalue weighted by Crippen LogP contribution is -2.23. The minimum Gasteiger partial charge on any atom is -0.390 e. The van der Waals surface area contributed by atoms with E-state index in [1.165, 1.54) is 103 Å². The quantitative estimate of drug-likeness (QED) is 0.231. The summed E-state index contributed by atoms with van der Waals surface area (Å²) in [6.45, 7) is 8.98. The summed E-state index contributed by atoms with van der Waals surface area (Å²) in [5.74, 6) is 0.831. The van der Waals surface area contributed by atoms with E-state index in [9.17, 15) is 5.11 Å². The number of hydrogen-bond acceptors (Lipinski definition) is 1. The molecule has 2 unspecified atom stereocenters. The van der Waals surface area contributed by atoms with Crippen LogP contribution >= 0.6 is 0 Å². The van der Waals surface area contributed by atoms with Crippen LogP contribution in [0.2, 0.25) is 0 Å². The SMILES string of the molecule is CCCCCCCCCCCCCC(C)(O)CCCC(C)CCCC. The van der Waals surface area contributed by atoms with Crippen molar-refractivity contribution in [2.75, 3.05) is 0 Å². The molecule has 0 aromatic heterocycles. The highest BCUT2D eigenvalue weighted by Crippen LogP contribution is 2.24. The summed E-state index contributed by atoms with van der Waals surface area (Å²) in [5, 5.41) is 10.5. The molecule has 0 aliphatic carbocycles. The van der Waals surface area contributed by atoms with Gasteiger partial charge >= 0.3 is 0 Å². The van der Waals surface area contributed by atoms with Crippen molar-refractivity contribution in [3.8, 4) is 0 Å². The summed E-state index contributed by atoms with van der Waals surface area (Å²) < 4.78 is 0. The molecule has 0 spiro atoms. The highest BCUT2D eigenvalue weighted by atomic mass is 16.3. The molecule has 0 rings (SSSR count). The minimum atomic E-state index is -0.427. The van der Waals surface area contributed by atoms with Crippen molar-refractivity contribution < 1.29 is 5.11 Å². The lowest BCUT2D eigenvalue weighted by Gasteiger charge is -2.24. The first kappa shape index (κ1) is 25.0. The molecule has 1 nitrogen and oxygen atoms in total. The van der Waals surface area contributed by atoms with Crippen molar-refractivity contribution in [1.29, 1.82) is 0 Å². The van der Waals surface area contributed by atoms with Crippen molar-refractivity contribution in [2.24, 2.45) is 5.92 Å². The van der Waals surface area contributed by atoms with Gasteiger partial charge in [0, 0.05) is 0 Å². The Morgan fingerprint density at radius 1 is 0.600 bits per heavy atom. The van der Waals surface area contributed by atoms with Crippen LogP contribution in [0.4, 0.5) is 0 Å². The van der Waals surface area contributed by atoms with Gasteiger partial charge in [0.05, 0.1) is 5.60 Å². The zero-order valence-corrected chi connectivity index (χ0v) is 18.3. The molecule has 0 aromatic rings. The van der Waals surface area contributed by atoms with Crippen LogP contribution in [0.15, 0.2) is 0 Å². The number of unbranched alkanes of at least 4 members (excludes halogenated alkanes) is 11. The van der Waals surface area contributed by atoms with Gasteiger partial charge in [0.2, 0.25) is 0 Å². The average molecular weight is 355 g/mol. The molecule has 1 heteroatoms. The zero-order chi connectivity index (χ0) is 18.8. The van der Waals surface area contributed by atoms with Crippen LogP contribution in [0, 0.1) is 5.92 Å². The van der Waals surface area contributed by atoms with Crippen LogP contribution in [0.5, 0.6) is 0 Å². The monoisotopic (exact) mass is 354 g/mol. The zero-order valence-electron chi connectivity index (χ0n) is 18.3. The fourth-order valence-electron chi connectivity index (χ4n) is 3.82. The van der Waals surface area contributed by atoms with Gasteiger partial charge in [-0.25, -0.2) is 0 Å². The second-order valence-corrected chi connectivity index (χ2v) is 8.92. The Morgan fingerprint density at radius 3 is 1.52 bits per heavy atom. The molecule has 0 aliphatic heterocycles. The van der Waals surface area contributed by atoms with Gasteiger partial charge in [-0.1, -0.05) is 124 Å². The maximum absolute atomic E-state index is 10.5. The molecule has 0 fully saturated rings. The fourth-order valence-corrected chi connectivity index (χ4v) is 3.82. The molecule has 0 heterocycles. The van der Waals surface area contributed by atoms with Crippen LogP contribution in [0.25, 0.3) is 0 Å². The molecule has 0 saturated heterocycles. The van der Waals surface area contributed by atoms with Gasteiger partial charge in [0.1, 0.15) is 0 Å². The summed E-state index contributed by atoms with van der Waals surface area (Å²) >= 11 is 0. The molecule has 0 bridgehead atoms. The topological polar surface area (TPSA) is 20.2 Å². The normalized spacial score (nSPS) is 15.2. The molecule has 1 N–H and O–H groups in total. The Hall–Kier alpha value is -0.0400. The third-order valence-electron chi connectivity index (χ3n) is 5.78. The van der Waals surface area contributed by atoms with Crippen molar-refractivity contribution in [3.63, 3.8) is 0 Å². The van der Waals surface area contributed by atoms with E-state index in [1.54, 1.807) is 0 Å². The summed E-state index contributed by atoms with van der Waals surface area (Å²) in [5.41, 5.74) is -0.427. The maximum Gasteiger partial charge on any atom is 0.0619 e. The van der Waals surface area contributed by atoms with E-state index >= 15 is 0 Å². The van der Waals surface area contributed by atoms with E-state index in [4.69, 9.17) is 0 Å². The van der Waals surface area contributed by atoms with Crippen LogP contribution < -0.4 is 0 Å². The molecule has 0 aliphatic rings. The van der Waals surface area contributed by atoms with Crippen molar-refractivity contribution >= 4 is 0 Å².